The summed E-state index contributed by atoms with van der Waals surface area (Å²) in [4.78, 5) is 18.9. The number of fused-ring (bicyclic) bond motifs is 1. The van der Waals surface area contributed by atoms with Gasteiger partial charge in [-0.3, -0.25) is 9.88 Å². The Labute approximate surface area is 147 Å². The lowest BCUT2D eigenvalue weighted by atomic mass is 10.0. The van der Waals surface area contributed by atoms with Crippen molar-refractivity contribution in [3.63, 3.8) is 0 Å². The molecule has 5 heteroatoms. The zero-order valence-corrected chi connectivity index (χ0v) is 14.0. The molecule has 1 aliphatic heterocycles. The summed E-state index contributed by atoms with van der Waals surface area (Å²) in [5.74, 6) is 0. The molecule has 4 rings (SSSR count). The maximum Gasteiger partial charge on any atom is 0.410 e. The quantitative estimate of drug-likeness (QED) is 0.937. The van der Waals surface area contributed by atoms with E-state index in [-0.39, 0.29) is 12.1 Å². The first-order valence-electron chi connectivity index (χ1n) is 8.63. The van der Waals surface area contributed by atoms with Crippen LogP contribution in [0.1, 0.15) is 16.8 Å². The lowest BCUT2D eigenvalue weighted by Crippen LogP contribution is -2.54. The van der Waals surface area contributed by atoms with Gasteiger partial charge in [-0.15, -0.1) is 0 Å². The molecular formula is C20H21N3O2. The average Bonchev–Trinajstić information content (AvgIpc) is 3.11. The molecule has 1 aromatic heterocycles. The van der Waals surface area contributed by atoms with Crippen molar-refractivity contribution in [2.75, 3.05) is 19.6 Å². The molecule has 0 saturated carbocycles. The van der Waals surface area contributed by atoms with E-state index in [4.69, 9.17) is 4.74 Å². The summed E-state index contributed by atoms with van der Waals surface area (Å²) in [5.41, 5.74) is 4.46. The van der Waals surface area contributed by atoms with Crippen LogP contribution in [0.2, 0.25) is 0 Å². The number of carbonyl (C=O) groups is 1. The first kappa shape index (κ1) is 15.8. The fraction of sp³-hybridized carbons (Fsp3) is 0.300. The van der Waals surface area contributed by atoms with Crippen LogP contribution in [0.5, 0.6) is 0 Å². The van der Waals surface area contributed by atoms with Crippen LogP contribution in [0, 0.1) is 0 Å². The number of nitrogens with one attached hydrogen (secondary N) is 1. The van der Waals surface area contributed by atoms with Gasteiger partial charge in [0.1, 0.15) is 6.61 Å². The first-order valence-corrected chi connectivity index (χ1v) is 8.63. The average molecular weight is 335 g/mol. The molecule has 1 unspecified atom stereocenters. The van der Waals surface area contributed by atoms with E-state index in [2.05, 4.69) is 22.4 Å². The summed E-state index contributed by atoms with van der Waals surface area (Å²) in [6.45, 7) is 2.49. The van der Waals surface area contributed by atoms with Crippen molar-refractivity contribution >= 4 is 12.2 Å². The Kier molecular flexibility index (Phi) is 4.48. The zero-order chi connectivity index (χ0) is 17.1. The van der Waals surface area contributed by atoms with Crippen molar-refractivity contribution in [2.45, 2.75) is 19.1 Å². The number of rotatable bonds is 3. The van der Waals surface area contributed by atoms with Gasteiger partial charge in [-0.05, 0) is 35.3 Å². The van der Waals surface area contributed by atoms with E-state index in [1.165, 1.54) is 11.1 Å². The number of nitrogens with zero attached hydrogens (tertiary/aromatic N) is 2. The smallest absolute Gasteiger partial charge is 0.410 e. The molecule has 1 fully saturated rings. The fourth-order valence-electron chi connectivity index (χ4n) is 3.45. The Morgan fingerprint density at radius 3 is 2.96 bits per heavy atom. The minimum atomic E-state index is -0.250. The lowest BCUT2D eigenvalue weighted by molar-refractivity contribution is 0.0788. The monoisotopic (exact) mass is 335 g/mol. The summed E-state index contributed by atoms with van der Waals surface area (Å²) < 4.78 is 5.55. The number of ether oxygens (including phenoxy) is 1. The standard InChI is InChI=1S/C20H21N3O2/c24-20(25-14-15-5-2-1-3-6-15)23-10-9-21-13-19(23)17-11-16-7-4-8-22-18(16)12-17/h1-8,12,19,21H,9-11,13-14H2. The summed E-state index contributed by atoms with van der Waals surface area (Å²) in [6.07, 6.45) is 4.52. The molecule has 128 valence electrons. The minimum Gasteiger partial charge on any atom is -0.445 e. The predicted octanol–water partition coefficient (Wildman–Crippen LogP) is 2.63. The van der Waals surface area contributed by atoms with E-state index in [9.17, 15) is 4.79 Å². The number of amides is 1. The van der Waals surface area contributed by atoms with Gasteiger partial charge in [0, 0.05) is 25.8 Å². The first-order chi connectivity index (χ1) is 12.3. The van der Waals surface area contributed by atoms with Crippen LogP contribution in [0.3, 0.4) is 0 Å². The third-order valence-corrected chi connectivity index (χ3v) is 4.75. The molecule has 1 amide bonds. The van der Waals surface area contributed by atoms with Crippen molar-refractivity contribution in [3.8, 4) is 0 Å². The molecule has 2 aliphatic rings. The number of piperazine rings is 1. The molecule has 0 radical (unpaired) electrons. The van der Waals surface area contributed by atoms with Gasteiger partial charge in [0.15, 0.2) is 0 Å². The number of hydrogen-bond acceptors (Lipinski definition) is 4. The van der Waals surface area contributed by atoms with E-state index in [1.54, 1.807) is 0 Å². The van der Waals surface area contributed by atoms with Crippen LogP contribution in [0.15, 0.2) is 54.2 Å². The van der Waals surface area contributed by atoms with Crippen molar-refractivity contribution in [1.82, 2.24) is 15.2 Å². The Bertz CT molecular complexity index is 789. The van der Waals surface area contributed by atoms with Crippen LogP contribution in [-0.4, -0.2) is 41.7 Å². The Hall–Kier alpha value is -2.66. The molecule has 0 spiro atoms. The molecule has 5 nitrogen and oxygen atoms in total. The summed E-state index contributed by atoms with van der Waals surface area (Å²) in [5, 5.41) is 3.39. The highest BCUT2D eigenvalue weighted by atomic mass is 16.6. The second kappa shape index (κ2) is 7.07. The lowest BCUT2D eigenvalue weighted by Gasteiger charge is -2.36. The van der Waals surface area contributed by atoms with Gasteiger partial charge in [0.2, 0.25) is 0 Å². The van der Waals surface area contributed by atoms with Crippen molar-refractivity contribution < 1.29 is 9.53 Å². The van der Waals surface area contributed by atoms with Gasteiger partial charge in [0.05, 0.1) is 11.7 Å². The van der Waals surface area contributed by atoms with Gasteiger partial charge in [-0.2, -0.15) is 0 Å². The van der Waals surface area contributed by atoms with Gasteiger partial charge < -0.3 is 10.1 Å². The fourth-order valence-corrected chi connectivity index (χ4v) is 3.45. The van der Waals surface area contributed by atoms with E-state index < -0.39 is 0 Å². The zero-order valence-electron chi connectivity index (χ0n) is 14.0. The maximum absolute atomic E-state index is 12.6. The summed E-state index contributed by atoms with van der Waals surface area (Å²) in [7, 11) is 0. The van der Waals surface area contributed by atoms with Gasteiger partial charge >= 0.3 is 6.09 Å². The van der Waals surface area contributed by atoms with E-state index in [0.717, 1.165) is 30.8 Å². The Morgan fingerprint density at radius 1 is 1.24 bits per heavy atom. The summed E-state index contributed by atoms with van der Waals surface area (Å²) >= 11 is 0. The highest BCUT2D eigenvalue weighted by Crippen LogP contribution is 2.28. The predicted molar refractivity (Wildman–Crippen MR) is 95.9 cm³/mol. The Morgan fingerprint density at radius 2 is 2.12 bits per heavy atom. The van der Waals surface area contributed by atoms with Crippen LogP contribution in [-0.2, 0) is 17.8 Å². The maximum atomic E-state index is 12.6. The molecular weight excluding hydrogens is 314 g/mol. The van der Waals surface area contributed by atoms with E-state index >= 15 is 0 Å². The number of pyridine rings is 1. The van der Waals surface area contributed by atoms with Crippen LogP contribution in [0.25, 0.3) is 6.08 Å². The number of hydrogen-bond donors (Lipinski definition) is 1. The van der Waals surface area contributed by atoms with E-state index in [0.29, 0.717) is 13.2 Å². The van der Waals surface area contributed by atoms with Crippen LogP contribution in [0.4, 0.5) is 4.79 Å². The highest BCUT2D eigenvalue weighted by Gasteiger charge is 2.32. The minimum absolute atomic E-state index is 0.0197. The topological polar surface area (TPSA) is 54.5 Å². The second-order valence-electron chi connectivity index (χ2n) is 6.40. The number of carbonyl (C=O) groups excluding carboxylic acids is 1. The second-order valence-corrected chi connectivity index (χ2v) is 6.40. The number of aromatic nitrogens is 1. The van der Waals surface area contributed by atoms with Gasteiger partial charge in [-0.1, -0.05) is 36.4 Å². The molecule has 0 bridgehead atoms. The van der Waals surface area contributed by atoms with Crippen LogP contribution < -0.4 is 5.32 Å². The molecule has 1 aromatic carbocycles. The molecule has 1 atom stereocenters. The van der Waals surface area contributed by atoms with Crippen molar-refractivity contribution in [2.24, 2.45) is 0 Å². The Balaban J connectivity index is 1.45. The largest absolute Gasteiger partial charge is 0.445 e. The molecule has 1 N–H and O–H groups in total. The van der Waals surface area contributed by atoms with Gasteiger partial charge in [0.25, 0.3) is 0 Å². The van der Waals surface area contributed by atoms with Gasteiger partial charge in [-0.25, -0.2) is 4.79 Å². The van der Waals surface area contributed by atoms with Crippen molar-refractivity contribution in [3.05, 3.63) is 71.1 Å². The molecule has 25 heavy (non-hydrogen) atoms. The highest BCUT2D eigenvalue weighted by molar-refractivity contribution is 5.71. The van der Waals surface area contributed by atoms with E-state index in [1.807, 2.05) is 47.5 Å². The molecule has 2 heterocycles. The van der Waals surface area contributed by atoms with Crippen LogP contribution >= 0.6 is 0 Å². The van der Waals surface area contributed by atoms with Crippen molar-refractivity contribution in [1.29, 1.82) is 0 Å². The molecule has 1 aliphatic carbocycles. The normalized spacial score (nSPS) is 19.3. The third-order valence-electron chi connectivity index (χ3n) is 4.75. The third kappa shape index (κ3) is 3.42. The SMILES string of the molecule is O=C(OCc1ccccc1)N1CCNCC1C1=Cc2ncccc2C1. The number of benzene rings is 1. The molecule has 2 aromatic rings. The summed E-state index contributed by atoms with van der Waals surface area (Å²) in [6, 6.07) is 13.9. The molecule has 1 saturated heterocycles.